The SMILES string of the molecule is Cn1nc(Br)c2c(=O)n(CC(=O)Nc3cccc(C(=O)N4CCCC4)c3)cnc21. The Morgan fingerprint density at radius 3 is 2.76 bits per heavy atom. The van der Waals surface area contributed by atoms with Gasteiger partial charge < -0.3 is 10.2 Å². The maximum absolute atomic E-state index is 12.7. The van der Waals surface area contributed by atoms with Crippen LogP contribution in [0.25, 0.3) is 11.0 Å². The quantitative estimate of drug-likeness (QED) is 0.641. The van der Waals surface area contributed by atoms with E-state index in [1.807, 2.05) is 4.90 Å². The van der Waals surface area contributed by atoms with E-state index in [2.05, 4.69) is 31.3 Å². The molecule has 0 aliphatic carbocycles. The van der Waals surface area contributed by atoms with E-state index < -0.39 is 0 Å². The van der Waals surface area contributed by atoms with Gasteiger partial charge in [0.2, 0.25) is 5.91 Å². The van der Waals surface area contributed by atoms with Gasteiger partial charge in [0, 0.05) is 31.4 Å². The summed E-state index contributed by atoms with van der Waals surface area (Å²) in [5.41, 5.74) is 1.11. The number of halogens is 1. The van der Waals surface area contributed by atoms with E-state index in [1.54, 1.807) is 31.3 Å². The Balaban J connectivity index is 1.50. The molecule has 0 unspecified atom stereocenters. The topological polar surface area (TPSA) is 102 Å². The maximum atomic E-state index is 12.7. The molecule has 10 heteroatoms. The van der Waals surface area contributed by atoms with Crippen LogP contribution in [0.2, 0.25) is 0 Å². The fourth-order valence-corrected chi connectivity index (χ4v) is 4.02. The third-order valence-electron chi connectivity index (χ3n) is 4.87. The highest BCUT2D eigenvalue weighted by atomic mass is 79.9. The number of carbonyl (C=O) groups excluding carboxylic acids is 2. The summed E-state index contributed by atoms with van der Waals surface area (Å²) in [7, 11) is 1.69. The van der Waals surface area contributed by atoms with Gasteiger partial charge in [-0.3, -0.25) is 19.0 Å². The molecule has 1 aromatic carbocycles. The minimum absolute atomic E-state index is 0.0362. The summed E-state index contributed by atoms with van der Waals surface area (Å²) in [4.78, 5) is 43.7. The van der Waals surface area contributed by atoms with Crippen LogP contribution >= 0.6 is 15.9 Å². The molecule has 9 nitrogen and oxygen atoms in total. The molecule has 2 aromatic heterocycles. The van der Waals surface area contributed by atoms with Gasteiger partial charge in [0.1, 0.15) is 22.9 Å². The lowest BCUT2D eigenvalue weighted by Gasteiger charge is -2.16. The molecule has 3 heterocycles. The summed E-state index contributed by atoms with van der Waals surface area (Å²) >= 11 is 3.25. The molecule has 1 saturated heterocycles. The molecule has 0 spiro atoms. The predicted octanol–water partition coefficient (Wildman–Crippen LogP) is 1.77. The highest BCUT2D eigenvalue weighted by Gasteiger charge is 2.20. The van der Waals surface area contributed by atoms with Crippen molar-refractivity contribution in [3.8, 4) is 0 Å². The Morgan fingerprint density at radius 1 is 1.24 bits per heavy atom. The molecule has 1 N–H and O–H groups in total. The number of hydrogen-bond acceptors (Lipinski definition) is 5. The summed E-state index contributed by atoms with van der Waals surface area (Å²) in [6.07, 6.45) is 3.36. The number of nitrogens with zero attached hydrogens (tertiary/aromatic N) is 5. The number of aromatic nitrogens is 4. The average molecular weight is 459 g/mol. The summed E-state index contributed by atoms with van der Waals surface area (Å²) in [5.74, 6) is -0.426. The van der Waals surface area contributed by atoms with Crippen molar-refractivity contribution in [2.45, 2.75) is 19.4 Å². The minimum Gasteiger partial charge on any atom is -0.339 e. The Morgan fingerprint density at radius 2 is 2.00 bits per heavy atom. The fraction of sp³-hybridized carbons (Fsp3) is 0.316. The van der Waals surface area contributed by atoms with Gasteiger partial charge in [0.05, 0.1) is 0 Å². The van der Waals surface area contributed by atoms with Crippen molar-refractivity contribution in [3.63, 3.8) is 0 Å². The molecular weight excluding hydrogens is 440 g/mol. The molecule has 150 valence electrons. The van der Waals surface area contributed by atoms with Crippen LogP contribution in [-0.4, -0.2) is 49.1 Å². The monoisotopic (exact) mass is 458 g/mol. The molecule has 0 atom stereocenters. The summed E-state index contributed by atoms with van der Waals surface area (Å²) in [6, 6.07) is 6.82. The molecule has 1 aliphatic rings. The predicted molar refractivity (Wildman–Crippen MR) is 111 cm³/mol. The van der Waals surface area contributed by atoms with Gasteiger partial charge in [-0.1, -0.05) is 6.07 Å². The van der Waals surface area contributed by atoms with E-state index in [0.717, 1.165) is 25.9 Å². The van der Waals surface area contributed by atoms with Gasteiger partial charge in [-0.2, -0.15) is 5.10 Å². The average Bonchev–Trinajstić information content (AvgIpc) is 3.32. The number of hydrogen-bond donors (Lipinski definition) is 1. The zero-order valence-corrected chi connectivity index (χ0v) is 17.3. The van der Waals surface area contributed by atoms with Crippen molar-refractivity contribution in [1.29, 1.82) is 0 Å². The van der Waals surface area contributed by atoms with Gasteiger partial charge in [-0.05, 0) is 47.0 Å². The summed E-state index contributed by atoms with van der Waals surface area (Å²) in [5, 5.41) is 7.18. The van der Waals surface area contributed by atoms with Gasteiger partial charge >= 0.3 is 0 Å². The first-order chi connectivity index (χ1) is 13.9. The number of carbonyl (C=O) groups is 2. The Bertz CT molecular complexity index is 1160. The number of fused-ring (bicyclic) bond motifs is 1. The number of aryl methyl sites for hydroxylation is 1. The molecule has 29 heavy (non-hydrogen) atoms. The third kappa shape index (κ3) is 3.80. The minimum atomic E-state index is -0.390. The molecule has 4 rings (SSSR count). The van der Waals surface area contributed by atoms with Crippen molar-refractivity contribution in [3.05, 3.63) is 51.1 Å². The van der Waals surface area contributed by atoms with Crippen LogP contribution in [0, 0.1) is 0 Å². The fourth-order valence-electron chi connectivity index (χ4n) is 3.44. The van der Waals surface area contributed by atoms with Crippen LogP contribution in [0.1, 0.15) is 23.2 Å². The van der Waals surface area contributed by atoms with Crippen molar-refractivity contribution in [1.82, 2.24) is 24.2 Å². The normalized spacial score (nSPS) is 13.8. The van der Waals surface area contributed by atoms with E-state index in [1.165, 1.54) is 15.6 Å². The first-order valence-electron chi connectivity index (χ1n) is 9.21. The van der Waals surface area contributed by atoms with Gasteiger partial charge in [-0.25, -0.2) is 9.67 Å². The standard InChI is InChI=1S/C19H19BrN6O3/c1-24-17-15(16(20)23-24)19(29)26(11-21-17)10-14(27)22-13-6-4-5-12(9-13)18(28)25-7-2-3-8-25/h4-6,9,11H,2-3,7-8,10H2,1H3,(H,22,27). The zero-order valence-electron chi connectivity index (χ0n) is 15.8. The van der Waals surface area contributed by atoms with Crippen LogP contribution in [0.5, 0.6) is 0 Å². The number of rotatable bonds is 4. The highest BCUT2D eigenvalue weighted by Crippen LogP contribution is 2.18. The zero-order chi connectivity index (χ0) is 20.5. The highest BCUT2D eigenvalue weighted by molar-refractivity contribution is 9.10. The van der Waals surface area contributed by atoms with Crippen molar-refractivity contribution < 1.29 is 9.59 Å². The number of anilines is 1. The molecule has 0 bridgehead atoms. The number of likely N-dealkylation sites (tertiary alicyclic amines) is 1. The number of benzene rings is 1. The van der Waals surface area contributed by atoms with Crippen LogP contribution in [0.4, 0.5) is 5.69 Å². The van der Waals surface area contributed by atoms with Gasteiger partial charge in [0.15, 0.2) is 5.65 Å². The van der Waals surface area contributed by atoms with E-state index in [-0.39, 0.29) is 23.9 Å². The van der Waals surface area contributed by atoms with Crippen LogP contribution in [0.3, 0.4) is 0 Å². The van der Waals surface area contributed by atoms with Crippen molar-refractivity contribution in [2.75, 3.05) is 18.4 Å². The van der Waals surface area contributed by atoms with E-state index in [0.29, 0.717) is 26.9 Å². The van der Waals surface area contributed by atoms with E-state index >= 15 is 0 Å². The van der Waals surface area contributed by atoms with E-state index in [9.17, 15) is 14.4 Å². The first-order valence-corrected chi connectivity index (χ1v) is 10.00. The molecule has 0 saturated carbocycles. The molecule has 0 radical (unpaired) electrons. The molecule has 1 fully saturated rings. The van der Waals surface area contributed by atoms with Gasteiger partial charge in [-0.15, -0.1) is 0 Å². The number of amides is 2. The lowest BCUT2D eigenvalue weighted by Crippen LogP contribution is -2.29. The second kappa shape index (κ2) is 7.78. The van der Waals surface area contributed by atoms with Crippen LogP contribution in [0.15, 0.2) is 40.0 Å². The molecular formula is C19H19BrN6O3. The largest absolute Gasteiger partial charge is 0.339 e. The second-order valence-electron chi connectivity index (χ2n) is 6.92. The van der Waals surface area contributed by atoms with E-state index in [4.69, 9.17) is 0 Å². The Labute approximate surface area is 174 Å². The maximum Gasteiger partial charge on any atom is 0.266 e. The summed E-state index contributed by atoms with van der Waals surface area (Å²) < 4.78 is 3.10. The lowest BCUT2D eigenvalue weighted by molar-refractivity contribution is -0.116. The van der Waals surface area contributed by atoms with Gasteiger partial charge in [0.25, 0.3) is 11.5 Å². The third-order valence-corrected chi connectivity index (χ3v) is 5.42. The van der Waals surface area contributed by atoms with Crippen molar-refractivity contribution >= 4 is 44.5 Å². The van der Waals surface area contributed by atoms with Crippen LogP contribution in [-0.2, 0) is 18.4 Å². The van der Waals surface area contributed by atoms with Crippen molar-refractivity contribution in [2.24, 2.45) is 7.05 Å². The molecule has 1 aliphatic heterocycles. The second-order valence-corrected chi connectivity index (χ2v) is 7.67. The lowest BCUT2D eigenvalue weighted by atomic mass is 10.1. The Kier molecular flexibility index (Phi) is 5.18. The Hall–Kier alpha value is -3.01. The van der Waals surface area contributed by atoms with Crippen LogP contribution < -0.4 is 10.9 Å². The first kappa shape index (κ1) is 19.3. The smallest absolute Gasteiger partial charge is 0.266 e. The summed E-state index contributed by atoms with van der Waals surface area (Å²) in [6.45, 7) is 1.32. The molecule has 2 amide bonds. The molecule has 3 aromatic rings. The number of nitrogens with one attached hydrogen (secondary N) is 1.